The Labute approximate surface area is 189 Å². The fraction of sp³-hybridized carbons (Fsp3) is 0.125. The molecule has 0 radical (unpaired) electrons. The lowest BCUT2D eigenvalue weighted by molar-refractivity contribution is -0.113. The summed E-state index contributed by atoms with van der Waals surface area (Å²) in [5.41, 5.74) is 3.92. The van der Waals surface area contributed by atoms with E-state index in [0.29, 0.717) is 17.3 Å². The molecular formula is C24H21N5O2S. The first-order valence-electron chi connectivity index (χ1n) is 10.2. The molecule has 1 amide bonds. The minimum atomic E-state index is -0.409. The van der Waals surface area contributed by atoms with Crippen molar-refractivity contribution in [2.75, 3.05) is 10.6 Å². The lowest BCUT2D eigenvalue weighted by Crippen LogP contribution is -2.31. The van der Waals surface area contributed by atoms with Gasteiger partial charge in [0.25, 0.3) is 5.91 Å². The maximum absolute atomic E-state index is 13.4. The van der Waals surface area contributed by atoms with Crippen LogP contribution in [0.25, 0.3) is 11.4 Å². The number of aromatic nitrogens is 3. The summed E-state index contributed by atoms with van der Waals surface area (Å²) in [5.74, 6) is 1.08. The summed E-state index contributed by atoms with van der Waals surface area (Å²) in [7, 11) is 0. The Kier molecular flexibility index (Phi) is 4.99. The Hall–Kier alpha value is -3.91. The third-order valence-corrected chi connectivity index (χ3v) is 6.48. The molecular weight excluding hydrogens is 422 g/mol. The number of para-hydroxylation sites is 1. The highest BCUT2D eigenvalue weighted by Crippen LogP contribution is 2.40. The van der Waals surface area contributed by atoms with Gasteiger partial charge in [-0.2, -0.15) is 4.98 Å². The van der Waals surface area contributed by atoms with E-state index in [1.165, 1.54) is 0 Å². The molecule has 0 fully saturated rings. The second-order valence-corrected chi connectivity index (χ2v) is 8.55. The van der Waals surface area contributed by atoms with E-state index in [9.17, 15) is 9.90 Å². The van der Waals surface area contributed by atoms with Crippen molar-refractivity contribution in [3.63, 3.8) is 0 Å². The predicted molar refractivity (Wildman–Crippen MR) is 126 cm³/mol. The van der Waals surface area contributed by atoms with Gasteiger partial charge in [-0.3, -0.25) is 4.79 Å². The topological polar surface area (TPSA) is 92.1 Å². The fourth-order valence-corrected chi connectivity index (χ4v) is 4.82. The third kappa shape index (κ3) is 3.54. The largest absolute Gasteiger partial charge is 0.508 e. The van der Waals surface area contributed by atoms with Gasteiger partial charge in [0.2, 0.25) is 5.95 Å². The summed E-state index contributed by atoms with van der Waals surface area (Å²) in [4.78, 5) is 19.1. The van der Waals surface area contributed by atoms with E-state index in [4.69, 9.17) is 5.10 Å². The number of fused-ring (bicyclic) bond motifs is 1. The lowest BCUT2D eigenvalue weighted by atomic mass is 9.99. The molecule has 0 spiro atoms. The number of aromatic hydroxyl groups is 1. The van der Waals surface area contributed by atoms with E-state index in [1.807, 2.05) is 55.6 Å². The zero-order chi connectivity index (χ0) is 22.2. The van der Waals surface area contributed by atoms with Crippen molar-refractivity contribution < 1.29 is 9.90 Å². The Balaban J connectivity index is 1.60. The number of nitrogens with one attached hydrogen (secondary N) is 2. The van der Waals surface area contributed by atoms with Gasteiger partial charge in [0.15, 0.2) is 5.82 Å². The fourth-order valence-electron chi connectivity index (χ4n) is 3.80. The number of anilines is 2. The molecule has 2 aromatic carbocycles. The van der Waals surface area contributed by atoms with Gasteiger partial charge in [-0.15, -0.1) is 16.4 Å². The van der Waals surface area contributed by atoms with Crippen LogP contribution in [0.15, 0.2) is 77.3 Å². The average molecular weight is 444 g/mol. The van der Waals surface area contributed by atoms with Crippen LogP contribution in [-0.4, -0.2) is 25.8 Å². The van der Waals surface area contributed by atoms with Crippen LogP contribution in [0.4, 0.5) is 11.6 Å². The van der Waals surface area contributed by atoms with Crippen molar-refractivity contribution in [2.45, 2.75) is 19.9 Å². The number of hydrogen-bond donors (Lipinski definition) is 3. The molecule has 0 aliphatic carbocycles. The van der Waals surface area contributed by atoms with E-state index in [-0.39, 0.29) is 11.7 Å². The predicted octanol–water partition coefficient (Wildman–Crippen LogP) is 4.95. The summed E-state index contributed by atoms with van der Waals surface area (Å²) < 4.78 is 1.77. The molecule has 7 nitrogen and oxygen atoms in total. The number of thiophene rings is 1. The van der Waals surface area contributed by atoms with Gasteiger partial charge in [-0.1, -0.05) is 18.2 Å². The SMILES string of the molecule is CC1=C(C(=O)Nc2ccccc2)C(c2sccc2C)n2nc(-c3ccc(O)cc3)nc2N1. The van der Waals surface area contributed by atoms with Crippen molar-refractivity contribution in [2.24, 2.45) is 0 Å². The maximum atomic E-state index is 13.4. The first-order valence-corrected chi connectivity index (χ1v) is 11.0. The van der Waals surface area contributed by atoms with Crippen LogP contribution >= 0.6 is 11.3 Å². The molecule has 0 saturated carbocycles. The Morgan fingerprint density at radius 3 is 2.53 bits per heavy atom. The number of rotatable bonds is 4. The molecule has 3 N–H and O–H groups in total. The maximum Gasteiger partial charge on any atom is 0.255 e. The minimum Gasteiger partial charge on any atom is -0.508 e. The second-order valence-electron chi connectivity index (χ2n) is 7.60. The van der Waals surface area contributed by atoms with Gasteiger partial charge >= 0.3 is 0 Å². The smallest absolute Gasteiger partial charge is 0.255 e. The van der Waals surface area contributed by atoms with Crippen molar-refractivity contribution in [1.29, 1.82) is 0 Å². The van der Waals surface area contributed by atoms with Crippen molar-refractivity contribution in [1.82, 2.24) is 14.8 Å². The van der Waals surface area contributed by atoms with Gasteiger partial charge in [-0.25, -0.2) is 4.68 Å². The van der Waals surface area contributed by atoms with Gasteiger partial charge in [0.05, 0.1) is 5.57 Å². The molecule has 1 unspecified atom stereocenters. The lowest BCUT2D eigenvalue weighted by Gasteiger charge is -2.28. The molecule has 5 rings (SSSR count). The number of nitrogens with zero attached hydrogens (tertiary/aromatic N) is 3. The summed E-state index contributed by atoms with van der Waals surface area (Å²) in [6.07, 6.45) is 0. The molecule has 8 heteroatoms. The first kappa shape index (κ1) is 20.0. The van der Waals surface area contributed by atoms with Gasteiger partial charge in [0.1, 0.15) is 11.8 Å². The highest BCUT2D eigenvalue weighted by molar-refractivity contribution is 7.10. The summed E-state index contributed by atoms with van der Waals surface area (Å²) in [6, 6.07) is 17.8. The summed E-state index contributed by atoms with van der Waals surface area (Å²) >= 11 is 1.59. The molecule has 32 heavy (non-hydrogen) atoms. The molecule has 0 saturated heterocycles. The van der Waals surface area contributed by atoms with Crippen LogP contribution in [-0.2, 0) is 4.79 Å². The molecule has 1 aliphatic heterocycles. The number of aryl methyl sites for hydroxylation is 1. The van der Waals surface area contributed by atoms with Crippen LogP contribution in [0.2, 0.25) is 0 Å². The number of amides is 1. The monoisotopic (exact) mass is 443 g/mol. The van der Waals surface area contributed by atoms with Crippen LogP contribution in [0.1, 0.15) is 23.4 Å². The highest BCUT2D eigenvalue weighted by atomic mass is 32.1. The molecule has 0 bridgehead atoms. The molecule has 2 aromatic heterocycles. The van der Waals surface area contributed by atoms with Crippen LogP contribution in [0.3, 0.4) is 0 Å². The first-order chi connectivity index (χ1) is 15.5. The quantitative estimate of drug-likeness (QED) is 0.415. The van der Waals surface area contributed by atoms with Crippen LogP contribution in [0, 0.1) is 6.92 Å². The Morgan fingerprint density at radius 2 is 1.84 bits per heavy atom. The summed E-state index contributed by atoms with van der Waals surface area (Å²) in [5, 5.41) is 22.6. The number of allylic oxidation sites excluding steroid dienone is 1. The average Bonchev–Trinajstić information content (AvgIpc) is 3.40. The van der Waals surface area contributed by atoms with Gasteiger partial charge in [-0.05, 0) is 67.3 Å². The zero-order valence-electron chi connectivity index (χ0n) is 17.5. The summed E-state index contributed by atoms with van der Waals surface area (Å²) in [6.45, 7) is 3.92. The molecule has 1 atom stereocenters. The van der Waals surface area contributed by atoms with E-state index in [0.717, 1.165) is 27.4 Å². The Bertz CT molecular complexity index is 1320. The third-order valence-electron chi connectivity index (χ3n) is 5.40. The van der Waals surface area contributed by atoms with E-state index in [1.54, 1.807) is 40.3 Å². The normalized spacial score (nSPS) is 15.2. The number of phenolic OH excluding ortho intramolecular Hbond substituents is 1. The number of hydrogen-bond acceptors (Lipinski definition) is 6. The van der Waals surface area contributed by atoms with E-state index >= 15 is 0 Å². The van der Waals surface area contributed by atoms with E-state index in [2.05, 4.69) is 15.6 Å². The van der Waals surface area contributed by atoms with Crippen LogP contribution < -0.4 is 10.6 Å². The number of phenols is 1. The highest BCUT2D eigenvalue weighted by Gasteiger charge is 2.36. The number of benzene rings is 2. The zero-order valence-corrected chi connectivity index (χ0v) is 18.4. The Morgan fingerprint density at radius 1 is 1.09 bits per heavy atom. The van der Waals surface area contributed by atoms with Crippen LogP contribution in [0.5, 0.6) is 5.75 Å². The van der Waals surface area contributed by atoms with Gasteiger partial charge in [0, 0.05) is 21.8 Å². The molecule has 160 valence electrons. The molecule has 1 aliphatic rings. The number of carbonyl (C=O) groups excluding carboxylic acids is 1. The minimum absolute atomic E-state index is 0.181. The van der Waals surface area contributed by atoms with Crippen molar-refractivity contribution in [3.8, 4) is 17.1 Å². The standard InChI is InChI=1S/C24H21N5O2S/c1-14-12-13-32-21(14)20-19(23(31)26-17-6-4-3-5-7-17)15(2)25-24-27-22(28-29(20)24)16-8-10-18(30)11-9-16/h3-13,20,30H,1-2H3,(H,26,31)(H,25,27,28). The molecule has 4 aromatic rings. The second kappa shape index (κ2) is 7.97. The van der Waals surface area contributed by atoms with Gasteiger partial charge < -0.3 is 15.7 Å². The van der Waals surface area contributed by atoms with Crippen molar-refractivity contribution >= 4 is 28.9 Å². The van der Waals surface area contributed by atoms with E-state index < -0.39 is 6.04 Å². The molecule has 3 heterocycles. The number of carbonyl (C=O) groups is 1. The van der Waals surface area contributed by atoms with Crippen molar-refractivity contribution in [3.05, 3.63) is 87.8 Å².